The molecule has 2 N–H and O–H groups in total. The molecule has 0 unspecified atom stereocenters. The lowest BCUT2D eigenvalue weighted by Crippen LogP contribution is -2.27. The van der Waals surface area contributed by atoms with Gasteiger partial charge in [0.2, 0.25) is 5.91 Å². The number of hydrazone groups is 1. The average Bonchev–Trinajstić information content (AvgIpc) is 2.62. The largest absolute Gasteiger partial charge is 0.326 e. The molecular formula is C19H20N4O4. The van der Waals surface area contributed by atoms with Crippen LogP contribution in [0.3, 0.4) is 0 Å². The molecular weight excluding hydrogens is 348 g/mol. The van der Waals surface area contributed by atoms with Crippen molar-refractivity contribution in [3.8, 4) is 0 Å². The fourth-order valence-corrected chi connectivity index (χ4v) is 1.94. The SMILES string of the molecule is CC(C)(C)C(=O)Nc1ccc(C(=O)N/N=C\c2ccc([N+](=O)[O-])cc2)cc1. The first-order valence-electron chi connectivity index (χ1n) is 8.16. The predicted octanol–water partition coefficient (Wildman–Crippen LogP) is 3.34. The number of amides is 2. The van der Waals surface area contributed by atoms with E-state index in [1.54, 1.807) is 24.3 Å². The van der Waals surface area contributed by atoms with Crippen LogP contribution in [0.15, 0.2) is 53.6 Å². The van der Waals surface area contributed by atoms with E-state index in [4.69, 9.17) is 0 Å². The molecule has 0 atom stereocenters. The van der Waals surface area contributed by atoms with Gasteiger partial charge >= 0.3 is 0 Å². The molecule has 8 heteroatoms. The predicted molar refractivity (Wildman–Crippen MR) is 103 cm³/mol. The van der Waals surface area contributed by atoms with Gasteiger partial charge in [0.1, 0.15) is 0 Å². The minimum absolute atomic E-state index is 0.0187. The number of nitro groups is 1. The average molecular weight is 368 g/mol. The molecule has 0 aromatic heterocycles. The van der Waals surface area contributed by atoms with Gasteiger partial charge in [-0.05, 0) is 42.0 Å². The lowest BCUT2D eigenvalue weighted by molar-refractivity contribution is -0.384. The molecule has 0 saturated heterocycles. The Morgan fingerprint density at radius 3 is 2.15 bits per heavy atom. The van der Waals surface area contributed by atoms with Crippen LogP contribution in [0.5, 0.6) is 0 Å². The van der Waals surface area contributed by atoms with Crippen molar-refractivity contribution in [3.05, 3.63) is 69.8 Å². The highest BCUT2D eigenvalue weighted by Crippen LogP contribution is 2.17. The van der Waals surface area contributed by atoms with Gasteiger partial charge in [0.25, 0.3) is 11.6 Å². The third-order valence-electron chi connectivity index (χ3n) is 3.57. The second-order valence-corrected chi connectivity index (χ2v) is 6.83. The molecule has 0 bridgehead atoms. The van der Waals surface area contributed by atoms with Crippen LogP contribution in [0.1, 0.15) is 36.7 Å². The van der Waals surface area contributed by atoms with Gasteiger partial charge in [0.05, 0.1) is 11.1 Å². The zero-order valence-electron chi connectivity index (χ0n) is 15.2. The standard InChI is InChI=1S/C19H20N4O4/c1-19(2,3)18(25)21-15-8-6-14(7-9-15)17(24)22-20-12-13-4-10-16(11-5-13)23(26)27/h4-12H,1-3H3,(H,21,25)(H,22,24)/b20-12-. The summed E-state index contributed by atoms with van der Waals surface area (Å²) in [6.07, 6.45) is 1.39. The zero-order chi connectivity index (χ0) is 20.0. The van der Waals surface area contributed by atoms with Crippen molar-refractivity contribution < 1.29 is 14.5 Å². The summed E-state index contributed by atoms with van der Waals surface area (Å²) in [5, 5.41) is 17.2. The van der Waals surface area contributed by atoms with Crippen molar-refractivity contribution in [2.45, 2.75) is 20.8 Å². The van der Waals surface area contributed by atoms with Crippen LogP contribution in [-0.2, 0) is 4.79 Å². The minimum Gasteiger partial charge on any atom is -0.326 e. The second-order valence-electron chi connectivity index (χ2n) is 6.83. The van der Waals surface area contributed by atoms with Crippen molar-refractivity contribution in [1.82, 2.24) is 5.43 Å². The van der Waals surface area contributed by atoms with Crippen LogP contribution in [-0.4, -0.2) is 23.0 Å². The maximum Gasteiger partial charge on any atom is 0.271 e. The van der Waals surface area contributed by atoms with Gasteiger partial charge in [-0.15, -0.1) is 0 Å². The van der Waals surface area contributed by atoms with Crippen molar-refractivity contribution >= 4 is 29.4 Å². The summed E-state index contributed by atoms with van der Waals surface area (Å²) >= 11 is 0. The molecule has 0 spiro atoms. The van der Waals surface area contributed by atoms with Crippen LogP contribution in [0.4, 0.5) is 11.4 Å². The number of rotatable bonds is 5. The van der Waals surface area contributed by atoms with E-state index in [0.29, 0.717) is 16.8 Å². The molecule has 2 aromatic rings. The highest BCUT2D eigenvalue weighted by Gasteiger charge is 2.21. The Hall–Kier alpha value is -3.55. The Kier molecular flexibility index (Phi) is 6.02. The number of nitro benzene ring substituents is 1. The number of nitrogens with zero attached hydrogens (tertiary/aromatic N) is 2. The second kappa shape index (κ2) is 8.22. The number of carbonyl (C=O) groups excluding carboxylic acids is 2. The number of carbonyl (C=O) groups is 2. The van der Waals surface area contributed by atoms with Gasteiger partial charge in [-0.1, -0.05) is 20.8 Å². The molecule has 140 valence electrons. The maximum atomic E-state index is 12.1. The minimum atomic E-state index is -0.511. The summed E-state index contributed by atoms with van der Waals surface area (Å²) in [5.74, 6) is -0.533. The number of hydrogen-bond donors (Lipinski definition) is 2. The number of benzene rings is 2. The summed E-state index contributed by atoms with van der Waals surface area (Å²) in [5.41, 5.74) is 3.44. The molecule has 2 aromatic carbocycles. The fraction of sp³-hybridized carbons (Fsp3) is 0.211. The normalized spacial score (nSPS) is 11.2. The van der Waals surface area contributed by atoms with Crippen LogP contribution >= 0.6 is 0 Å². The van der Waals surface area contributed by atoms with E-state index in [1.807, 2.05) is 20.8 Å². The summed E-state index contributed by atoms with van der Waals surface area (Å²) in [4.78, 5) is 34.1. The Labute approximate surface area is 156 Å². The van der Waals surface area contributed by atoms with Crippen molar-refractivity contribution in [2.75, 3.05) is 5.32 Å². The monoisotopic (exact) mass is 368 g/mol. The first kappa shape index (κ1) is 19.8. The maximum absolute atomic E-state index is 12.1. The van der Waals surface area contributed by atoms with Gasteiger partial charge in [0, 0.05) is 28.8 Å². The Morgan fingerprint density at radius 1 is 1.04 bits per heavy atom. The smallest absolute Gasteiger partial charge is 0.271 e. The van der Waals surface area contributed by atoms with Gasteiger partial charge < -0.3 is 5.32 Å². The summed E-state index contributed by atoms with van der Waals surface area (Å²) in [7, 11) is 0. The first-order valence-corrected chi connectivity index (χ1v) is 8.16. The van der Waals surface area contributed by atoms with Crippen molar-refractivity contribution in [3.63, 3.8) is 0 Å². The highest BCUT2D eigenvalue weighted by atomic mass is 16.6. The lowest BCUT2D eigenvalue weighted by Gasteiger charge is -2.17. The van der Waals surface area contributed by atoms with E-state index in [1.165, 1.54) is 30.5 Å². The Bertz CT molecular complexity index is 866. The summed E-state index contributed by atoms with van der Waals surface area (Å²) in [6, 6.07) is 12.2. The fourth-order valence-electron chi connectivity index (χ4n) is 1.94. The molecule has 0 aliphatic heterocycles. The van der Waals surface area contributed by atoms with Crippen LogP contribution in [0.25, 0.3) is 0 Å². The molecule has 0 aliphatic carbocycles. The zero-order valence-corrected chi connectivity index (χ0v) is 15.2. The quantitative estimate of drug-likeness (QED) is 0.478. The van der Waals surface area contributed by atoms with Crippen LogP contribution in [0, 0.1) is 15.5 Å². The molecule has 2 rings (SSSR count). The van der Waals surface area contributed by atoms with Gasteiger partial charge in [-0.2, -0.15) is 5.10 Å². The third-order valence-corrected chi connectivity index (χ3v) is 3.57. The Balaban J connectivity index is 1.94. The van der Waals surface area contributed by atoms with Crippen molar-refractivity contribution in [1.29, 1.82) is 0 Å². The topological polar surface area (TPSA) is 114 Å². The van der Waals surface area contributed by atoms with Crippen LogP contribution < -0.4 is 10.7 Å². The highest BCUT2D eigenvalue weighted by molar-refractivity contribution is 5.97. The molecule has 8 nitrogen and oxygen atoms in total. The number of non-ortho nitro benzene ring substituents is 1. The number of anilines is 1. The summed E-state index contributed by atoms with van der Waals surface area (Å²) in [6.45, 7) is 5.44. The molecule has 2 amide bonds. The molecule has 0 heterocycles. The molecule has 0 aliphatic rings. The number of hydrogen-bond acceptors (Lipinski definition) is 5. The first-order chi connectivity index (χ1) is 12.7. The van der Waals surface area contributed by atoms with E-state index in [0.717, 1.165) is 0 Å². The molecule has 0 radical (unpaired) electrons. The van der Waals surface area contributed by atoms with E-state index in [9.17, 15) is 19.7 Å². The van der Waals surface area contributed by atoms with Crippen molar-refractivity contribution in [2.24, 2.45) is 10.5 Å². The van der Waals surface area contributed by atoms with Gasteiger partial charge in [-0.25, -0.2) is 5.43 Å². The van der Waals surface area contributed by atoms with Crippen LogP contribution in [0.2, 0.25) is 0 Å². The van der Waals surface area contributed by atoms with Gasteiger partial charge in [-0.3, -0.25) is 19.7 Å². The lowest BCUT2D eigenvalue weighted by atomic mass is 9.95. The van der Waals surface area contributed by atoms with E-state index in [-0.39, 0.29) is 11.6 Å². The van der Waals surface area contributed by atoms with Gasteiger partial charge in [0.15, 0.2) is 0 Å². The molecule has 0 saturated carbocycles. The summed E-state index contributed by atoms with van der Waals surface area (Å²) < 4.78 is 0. The van der Waals surface area contributed by atoms with E-state index in [2.05, 4.69) is 15.8 Å². The van der Waals surface area contributed by atoms with E-state index < -0.39 is 16.2 Å². The number of nitrogens with one attached hydrogen (secondary N) is 2. The Morgan fingerprint density at radius 2 is 1.63 bits per heavy atom. The molecule has 0 fully saturated rings. The van der Waals surface area contributed by atoms with E-state index >= 15 is 0 Å². The third kappa shape index (κ3) is 5.74. The molecule has 27 heavy (non-hydrogen) atoms.